The first-order valence-electron chi connectivity index (χ1n) is 4.72. The highest BCUT2D eigenvalue weighted by molar-refractivity contribution is 5.92. The van der Waals surface area contributed by atoms with Gasteiger partial charge in [0, 0.05) is 12.7 Å². The number of carbonyl (C=O) groups excluding carboxylic acids is 1. The second-order valence-corrected chi connectivity index (χ2v) is 3.08. The molecular formula is C10H15N3O2. The van der Waals surface area contributed by atoms with Crippen LogP contribution in [0.1, 0.15) is 5.56 Å². The number of nitrogens with zero attached hydrogens (tertiary/aromatic N) is 1. The average Bonchev–Trinajstić information content (AvgIpc) is 2.22. The highest BCUT2D eigenvalue weighted by Crippen LogP contribution is 2.10. The lowest BCUT2D eigenvalue weighted by Gasteiger charge is -2.07. The van der Waals surface area contributed by atoms with Crippen LogP contribution < -0.4 is 11.1 Å². The zero-order valence-corrected chi connectivity index (χ0v) is 8.69. The lowest BCUT2D eigenvalue weighted by atomic mass is 10.2. The van der Waals surface area contributed by atoms with E-state index < -0.39 is 0 Å². The molecule has 0 fully saturated rings. The Labute approximate surface area is 88.6 Å². The van der Waals surface area contributed by atoms with Crippen LogP contribution in [-0.2, 0) is 9.53 Å². The number of hydrogen-bond donors (Lipinski definition) is 2. The monoisotopic (exact) mass is 209 g/mol. The van der Waals surface area contributed by atoms with E-state index >= 15 is 0 Å². The number of pyridine rings is 1. The molecule has 0 saturated heterocycles. The van der Waals surface area contributed by atoms with Crippen molar-refractivity contribution in [1.82, 2.24) is 4.98 Å². The van der Waals surface area contributed by atoms with Crippen molar-refractivity contribution in [1.29, 1.82) is 0 Å². The molecule has 1 aromatic heterocycles. The Hall–Kier alpha value is -1.46. The van der Waals surface area contributed by atoms with Crippen molar-refractivity contribution in [3.05, 3.63) is 24.0 Å². The molecule has 0 aliphatic heterocycles. The number of ether oxygens (including phenoxy) is 1. The van der Waals surface area contributed by atoms with Gasteiger partial charge in [-0.2, -0.15) is 0 Å². The van der Waals surface area contributed by atoms with E-state index in [2.05, 4.69) is 10.3 Å². The van der Waals surface area contributed by atoms with E-state index in [0.29, 0.717) is 18.8 Å². The summed E-state index contributed by atoms with van der Waals surface area (Å²) in [7, 11) is 0. The fraction of sp³-hybridized carbons (Fsp3) is 0.400. The number of hydrogen-bond acceptors (Lipinski definition) is 4. The Kier molecular flexibility index (Phi) is 4.73. The minimum Gasteiger partial charge on any atom is -0.370 e. The molecule has 0 aliphatic rings. The molecule has 0 atom stereocenters. The lowest BCUT2D eigenvalue weighted by Crippen LogP contribution is -2.21. The molecule has 0 spiro atoms. The summed E-state index contributed by atoms with van der Waals surface area (Å²) in [5.74, 6) is -0.195. The molecule has 15 heavy (non-hydrogen) atoms. The number of carbonyl (C=O) groups is 1. The first-order valence-corrected chi connectivity index (χ1v) is 4.72. The van der Waals surface area contributed by atoms with Gasteiger partial charge in [0.05, 0.1) is 18.5 Å². The van der Waals surface area contributed by atoms with Crippen LogP contribution in [-0.4, -0.2) is 30.6 Å². The first kappa shape index (κ1) is 11.6. The highest BCUT2D eigenvalue weighted by atomic mass is 16.5. The van der Waals surface area contributed by atoms with Gasteiger partial charge >= 0.3 is 0 Å². The predicted molar refractivity (Wildman–Crippen MR) is 57.5 cm³/mol. The van der Waals surface area contributed by atoms with Crippen molar-refractivity contribution in [2.75, 3.05) is 25.1 Å². The molecule has 1 rings (SSSR count). The van der Waals surface area contributed by atoms with E-state index in [1.165, 1.54) is 0 Å². The molecule has 1 amide bonds. The number of amides is 1. The number of nitrogens with two attached hydrogens (primary N) is 1. The maximum Gasteiger partial charge on any atom is 0.250 e. The third-order valence-electron chi connectivity index (χ3n) is 1.81. The Balaban J connectivity index is 2.41. The van der Waals surface area contributed by atoms with Crippen LogP contribution in [0.5, 0.6) is 0 Å². The molecule has 5 nitrogen and oxygen atoms in total. The van der Waals surface area contributed by atoms with Crippen molar-refractivity contribution in [3.63, 3.8) is 0 Å². The van der Waals surface area contributed by atoms with Crippen LogP contribution in [0, 0.1) is 6.92 Å². The molecule has 3 N–H and O–H groups in total. The third-order valence-corrected chi connectivity index (χ3v) is 1.81. The number of aromatic nitrogens is 1. The van der Waals surface area contributed by atoms with Gasteiger partial charge in [-0.1, -0.05) is 0 Å². The topological polar surface area (TPSA) is 77.2 Å². The molecule has 1 heterocycles. The molecule has 0 bridgehead atoms. The molecule has 0 aromatic carbocycles. The van der Waals surface area contributed by atoms with E-state index in [1.54, 1.807) is 12.4 Å². The normalized spacial score (nSPS) is 10.0. The zero-order chi connectivity index (χ0) is 11.1. The number of nitrogens with one attached hydrogen (secondary N) is 1. The SMILES string of the molecule is Cc1ccncc1NC(=O)COCCN. The zero-order valence-electron chi connectivity index (χ0n) is 8.69. The largest absolute Gasteiger partial charge is 0.370 e. The maximum atomic E-state index is 11.3. The molecular weight excluding hydrogens is 194 g/mol. The quantitative estimate of drug-likeness (QED) is 0.684. The summed E-state index contributed by atoms with van der Waals surface area (Å²) in [6.45, 7) is 2.72. The van der Waals surface area contributed by atoms with Crippen molar-refractivity contribution in [3.8, 4) is 0 Å². The Morgan fingerprint density at radius 2 is 2.47 bits per heavy atom. The van der Waals surface area contributed by atoms with Crippen molar-refractivity contribution < 1.29 is 9.53 Å². The number of rotatable bonds is 5. The fourth-order valence-corrected chi connectivity index (χ4v) is 1.03. The average molecular weight is 209 g/mol. The van der Waals surface area contributed by atoms with Crippen molar-refractivity contribution >= 4 is 11.6 Å². The summed E-state index contributed by atoms with van der Waals surface area (Å²) in [5, 5.41) is 2.70. The molecule has 0 aliphatic carbocycles. The molecule has 82 valence electrons. The molecule has 5 heteroatoms. The van der Waals surface area contributed by atoms with Gasteiger partial charge < -0.3 is 15.8 Å². The van der Waals surface area contributed by atoms with Crippen LogP contribution in [0.3, 0.4) is 0 Å². The Bertz CT molecular complexity index is 328. The number of aryl methyl sites for hydroxylation is 1. The second kappa shape index (κ2) is 6.10. The van der Waals surface area contributed by atoms with Gasteiger partial charge in [-0.3, -0.25) is 9.78 Å². The van der Waals surface area contributed by atoms with Crippen molar-refractivity contribution in [2.45, 2.75) is 6.92 Å². The standard InChI is InChI=1S/C10H15N3O2/c1-8-2-4-12-6-9(8)13-10(14)7-15-5-3-11/h2,4,6H,3,5,7,11H2,1H3,(H,13,14). The smallest absolute Gasteiger partial charge is 0.250 e. The number of anilines is 1. The van der Waals surface area contributed by atoms with Gasteiger partial charge in [0.15, 0.2) is 0 Å². The summed E-state index contributed by atoms with van der Waals surface area (Å²) in [6.07, 6.45) is 3.28. The first-order chi connectivity index (χ1) is 7.24. The van der Waals surface area contributed by atoms with Crippen LogP contribution in [0.2, 0.25) is 0 Å². The Morgan fingerprint density at radius 1 is 1.67 bits per heavy atom. The molecule has 0 unspecified atom stereocenters. The van der Waals surface area contributed by atoms with E-state index in [9.17, 15) is 4.79 Å². The van der Waals surface area contributed by atoms with E-state index in [0.717, 1.165) is 5.56 Å². The summed E-state index contributed by atoms with van der Waals surface area (Å²) in [6, 6.07) is 1.83. The predicted octanol–water partition coefficient (Wildman–Crippen LogP) is 0.304. The van der Waals surface area contributed by atoms with Gasteiger partial charge in [0.1, 0.15) is 6.61 Å². The van der Waals surface area contributed by atoms with E-state index in [-0.39, 0.29) is 12.5 Å². The maximum absolute atomic E-state index is 11.3. The van der Waals surface area contributed by atoms with Crippen LogP contribution in [0.4, 0.5) is 5.69 Å². The minimum absolute atomic E-state index is 0.0194. The van der Waals surface area contributed by atoms with Gasteiger partial charge in [0.25, 0.3) is 0 Å². The van der Waals surface area contributed by atoms with Crippen LogP contribution in [0.25, 0.3) is 0 Å². The van der Waals surface area contributed by atoms with Crippen LogP contribution in [0.15, 0.2) is 18.5 Å². The lowest BCUT2D eigenvalue weighted by molar-refractivity contribution is -0.120. The summed E-state index contributed by atoms with van der Waals surface area (Å²) in [4.78, 5) is 15.3. The minimum atomic E-state index is -0.195. The molecule has 0 radical (unpaired) electrons. The molecule has 0 saturated carbocycles. The Morgan fingerprint density at radius 3 is 3.13 bits per heavy atom. The van der Waals surface area contributed by atoms with Gasteiger partial charge in [-0.25, -0.2) is 0 Å². The summed E-state index contributed by atoms with van der Waals surface area (Å²) >= 11 is 0. The van der Waals surface area contributed by atoms with Gasteiger partial charge in [-0.15, -0.1) is 0 Å². The third kappa shape index (κ3) is 4.05. The summed E-state index contributed by atoms with van der Waals surface area (Å²) < 4.78 is 5.00. The van der Waals surface area contributed by atoms with E-state index in [1.807, 2.05) is 13.0 Å². The van der Waals surface area contributed by atoms with Crippen LogP contribution >= 0.6 is 0 Å². The van der Waals surface area contributed by atoms with Crippen molar-refractivity contribution in [2.24, 2.45) is 5.73 Å². The molecule has 1 aromatic rings. The van der Waals surface area contributed by atoms with E-state index in [4.69, 9.17) is 10.5 Å². The second-order valence-electron chi connectivity index (χ2n) is 3.08. The van der Waals surface area contributed by atoms with Gasteiger partial charge in [-0.05, 0) is 18.6 Å². The summed E-state index contributed by atoms with van der Waals surface area (Å²) in [5.41, 5.74) is 6.90. The highest BCUT2D eigenvalue weighted by Gasteiger charge is 2.03. The fourth-order valence-electron chi connectivity index (χ4n) is 1.03. The van der Waals surface area contributed by atoms with Gasteiger partial charge in [0.2, 0.25) is 5.91 Å².